The molecule has 0 bridgehead atoms. The normalized spacial score (nSPS) is 9.60. The van der Waals surface area contributed by atoms with Crippen LogP contribution >= 0.6 is 0 Å². The standard InChI is InChI=1S/C7H4N2O6/c10-3-4-1-2-5(8(12)13)6(7(4)11)9(14)15/h1-3,11H. The first-order valence-electron chi connectivity index (χ1n) is 3.59. The van der Waals surface area contributed by atoms with Crippen LogP contribution in [0.5, 0.6) is 5.75 Å². The Kier molecular flexibility index (Phi) is 2.61. The van der Waals surface area contributed by atoms with E-state index in [-0.39, 0.29) is 11.8 Å². The van der Waals surface area contributed by atoms with Crippen molar-refractivity contribution in [2.75, 3.05) is 0 Å². The average molecular weight is 212 g/mol. The number of carbonyl (C=O) groups is 1. The third-order valence-corrected chi connectivity index (χ3v) is 1.67. The van der Waals surface area contributed by atoms with E-state index in [0.717, 1.165) is 12.1 Å². The highest BCUT2D eigenvalue weighted by Gasteiger charge is 2.30. The van der Waals surface area contributed by atoms with Crippen molar-refractivity contribution in [1.82, 2.24) is 0 Å². The lowest BCUT2D eigenvalue weighted by atomic mass is 10.1. The zero-order valence-electron chi connectivity index (χ0n) is 7.11. The molecule has 0 aromatic heterocycles. The largest absolute Gasteiger partial charge is 0.501 e. The molecule has 0 radical (unpaired) electrons. The minimum absolute atomic E-state index is 0.173. The Morgan fingerprint density at radius 3 is 2.20 bits per heavy atom. The molecule has 0 aliphatic rings. The summed E-state index contributed by atoms with van der Waals surface area (Å²) >= 11 is 0. The van der Waals surface area contributed by atoms with E-state index in [0.29, 0.717) is 0 Å². The Hall–Kier alpha value is -2.51. The molecule has 0 amide bonds. The van der Waals surface area contributed by atoms with Crippen molar-refractivity contribution >= 4 is 17.7 Å². The van der Waals surface area contributed by atoms with Gasteiger partial charge in [-0.25, -0.2) is 0 Å². The highest BCUT2D eigenvalue weighted by Crippen LogP contribution is 2.37. The lowest BCUT2D eigenvalue weighted by Crippen LogP contribution is -1.98. The molecular formula is C7H4N2O6. The van der Waals surface area contributed by atoms with Gasteiger partial charge in [0.25, 0.3) is 0 Å². The van der Waals surface area contributed by atoms with E-state index in [2.05, 4.69) is 0 Å². The summed E-state index contributed by atoms with van der Waals surface area (Å²) in [7, 11) is 0. The lowest BCUT2D eigenvalue weighted by Gasteiger charge is -1.99. The molecule has 0 fully saturated rings. The fourth-order valence-electron chi connectivity index (χ4n) is 1.01. The third-order valence-electron chi connectivity index (χ3n) is 1.67. The van der Waals surface area contributed by atoms with Gasteiger partial charge < -0.3 is 5.11 Å². The van der Waals surface area contributed by atoms with E-state index >= 15 is 0 Å². The molecule has 8 nitrogen and oxygen atoms in total. The molecule has 0 atom stereocenters. The van der Waals surface area contributed by atoms with Gasteiger partial charge in [-0.1, -0.05) is 0 Å². The molecule has 0 saturated carbocycles. The number of aldehydes is 1. The van der Waals surface area contributed by atoms with Crippen LogP contribution in [0.2, 0.25) is 0 Å². The number of nitro groups is 2. The van der Waals surface area contributed by atoms with Crippen LogP contribution in [0.1, 0.15) is 10.4 Å². The van der Waals surface area contributed by atoms with Gasteiger partial charge in [0.05, 0.1) is 15.4 Å². The molecule has 15 heavy (non-hydrogen) atoms. The molecule has 1 aromatic rings. The number of nitro benzene ring substituents is 2. The first-order chi connectivity index (χ1) is 6.99. The van der Waals surface area contributed by atoms with E-state index in [1.54, 1.807) is 0 Å². The summed E-state index contributed by atoms with van der Waals surface area (Å²) in [4.78, 5) is 29.0. The van der Waals surface area contributed by atoms with E-state index in [4.69, 9.17) is 0 Å². The van der Waals surface area contributed by atoms with Crippen LogP contribution in [-0.4, -0.2) is 21.2 Å². The predicted molar refractivity (Wildman–Crippen MR) is 46.8 cm³/mol. The Morgan fingerprint density at radius 2 is 1.80 bits per heavy atom. The van der Waals surface area contributed by atoms with Crippen LogP contribution in [0, 0.1) is 20.2 Å². The number of rotatable bonds is 3. The van der Waals surface area contributed by atoms with Gasteiger partial charge in [-0.2, -0.15) is 0 Å². The van der Waals surface area contributed by atoms with Gasteiger partial charge in [-0.05, 0) is 6.07 Å². The van der Waals surface area contributed by atoms with Crippen LogP contribution in [0.4, 0.5) is 11.4 Å². The second-order valence-electron chi connectivity index (χ2n) is 2.50. The van der Waals surface area contributed by atoms with Crippen molar-refractivity contribution in [3.05, 3.63) is 37.9 Å². The van der Waals surface area contributed by atoms with E-state index in [1.165, 1.54) is 0 Å². The smallest absolute Gasteiger partial charge is 0.387 e. The number of benzene rings is 1. The minimum atomic E-state index is -1.11. The van der Waals surface area contributed by atoms with Crippen molar-refractivity contribution in [1.29, 1.82) is 0 Å². The fourth-order valence-corrected chi connectivity index (χ4v) is 1.01. The Morgan fingerprint density at radius 1 is 1.20 bits per heavy atom. The van der Waals surface area contributed by atoms with Gasteiger partial charge in [0.2, 0.25) is 5.75 Å². The topological polar surface area (TPSA) is 124 Å². The summed E-state index contributed by atoms with van der Waals surface area (Å²) < 4.78 is 0. The molecule has 8 heteroatoms. The molecule has 0 heterocycles. The molecule has 0 aliphatic carbocycles. The third kappa shape index (κ3) is 1.73. The van der Waals surface area contributed by atoms with E-state index < -0.39 is 27.0 Å². The van der Waals surface area contributed by atoms with Crippen LogP contribution in [0.3, 0.4) is 0 Å². The summed E-state index contributed by atoms with van der Waals surface area (Å²) in [5.74, 6) is -0.996. The zero-order chi connectivity index (χ0) is 11.6. The quantitative estimate of drug-likeness (QED) is 0.453. The Balaban J connectivity index is 3.58. The van der Waals surface area contributed by atoms with Crippen molar-refractivity contribution in [2.45, 2.75) is 0 Å². The number of carbonyl (C=O) groups excluding carboxylic acids is 1. The van der Waals surface area contributed by atoms with Crippen molar-refractivity contribution in [3.63, 3.8) is 0 Å². The first-order valence-corrected chi connectivity index (χ1v) is 3.59. The minimum Gasteiger partial charge on any atom is -0.501 e. The molecule has 0 unspecified atom stereocenters. The second kappa shape index (κ2) is 3.70. The molecule has 0 aliphatic heterocycles. The predicted octanol–water partition coefficient (Wildman–Crippen LogP) is 1.02. The molecule has 0 spiro atoms. The number of phenolic OH excluding ortho intramolecular Hbond substituents is 1. The molecule has 1 N–H and O–H groups in total. The number of nitrogens with zero attached hydrogens (tertiary/aromatic N) is 2. The van der Waals surface area contributed by atoms with Crippen LogP contribution in [0.25, 0.3) is 0 Å². The Bertz CT molecular complexity index is 455. The molecule has 0 saturated heterocycles. The van der Waals surface area contributed by atoms with Crippen LogP contribution < -0.4 is 0 Å². The van der Waals surface area contributed by atoms with Gasteiger partial charge in [0, 0.05) is 6.07 Å². The summed E-state index contributed by atoms with van der Waals surface area (Å²) in [5.41, 5.74) is -2.31. The van der Waals surface area contributed by atoms with Crippen LogP contribution in [0.15, 0.2) is 12.1 Å². The number of phenols is 1. The maximum absolute atomic E-state index is 10.4. The summed E-state index contributed by atoms with van der Waals surface area (Å²) in [6.07, 6.45) is 0.173. The molecule has 78 valence electrons. The van der Waals surface area contributed by atoms with Crippen LogP contribution in [-0.2, 0) is 0 Å². The molecule has 1 aromatic carbocycles. The van der Waals surface area contributed by atoms with Gasteiger partial charge in [0.1, 0.15) is 0 Å². The van der Waals surface area contributed by atoms with Gasteiger partial charge in [-0.15, -0.1) is 0 Å². The maximum Gasteiger partial charge on any atom is 0.387 e. The van der Waals surface area contributed by atoms with Gasteiger partial charge in [0.15, 0.2) is 6.29 Å². The SMILES string of the molecule is O=Cc1ccc([N+](=O)[O-])c([N+](=O)[O-])c1O. The van der Waals surface area contributed by atoms with Gasteiger partial charge in [-0.3, -0.25) is 25.0 Å². The van der Waals surface area contributed by atoms with Crippen molar-refractivity contribution in [3.8, 4) is 5.75 Å². The van der Waals surface area contributed by atoms with Crippen molar-refractivity contribution in [2.24, 2.45) is 0 Å². The first kappa shape index (κ1) is 10.6. The van der Waals surface area contributed by atoms with Gasteiger partial charge >= 0.3 is 11.4 Å². The van der Waals surface area contributed by atoms with E-state index in [1.807, 2.05) is 0 Å². The average Bonchev–Trinajstić information content (AvgIpc) is 2.16. The number of aromatic hydroxyl groups is 1. The van der Waals surface area contributed by atoms with Crippen molar-refractivity contribution < 1.29 is 19.7 Å². The highest BCUT2D eigenvalue weighted by molar-refractivity contribution is 5.84. The fraction of sp³-hybridized carbons (Fsp3) is 0. The second-order valence-corrected chi connectivity index (χ2v) is 2.50. The monoisotopic (exact) mass is 212 g/mol. The Labute approximate surface area is 82.1 Å². The lowest BCUT2D eigenvalue weighted by molar-refractivity contribution is -0.423. The summed E-state index contributed by atoms with van der Waals surface area (Å²) in [6.45, 7) is 0. The maximum atomic E-state index is 10.4. The molecular weight excluding hydrogens is 208 g/mol. The molecule has 1 rings (SSSR count). The summed E-state index contributed by atoms with van der Waals surface area (Å²) in [6, 6.07) is 1.73. The number of hydrogen-bond acceptors (Lipinski definition) is 6. The highest BCUT2D eigenvalue weighted by atomic mass is 16.6. The number of hydrogen-bond donors (Lipinski definition) is 1. The zero-order valence-corrected chi connectivity index (χ0v) is 7.11. The summed E-state index contributed by atoms with van der Waals surface area (Å²) in [5, 5.41) is 30.0. The van der Waals surface area contributed by atoms with E-state index in [9.17, 15) is 30.1 Å².